The van der Waals surface area contributed by atoms with Crippen LogP contribution in [0.3, 0.4) is 0 Å². The van der Waals surface area contributed by atoms with Gasteiger partial charge < -0.3 is 63.6 Å². The first-order chi connectivity index (χ1) is 41.8. The molecule has 12 atom stereocenters. The Labute approximate surface area is 518 Å². The number of urea groups is 2. The molecule has 0 spiro atoms. The van der Waals surface area contributed by atoms with Crippen molar-refractivity contribution < 1.29 is 56.4 Å². The number of allylic oxidation sites excluding steroid dienone is 3. The van der Waals surface area contributed by atoms with Crippen LogP contribution in [0, 0.1) is 41.4 Å². The summed E-state index contributed by atoms with van der Waals surface area (Å²) in [5, 5.41) is 12.6. The molecule has 86 heavy (non-hydrogen) atoms. The van der Waals surface area contributed by atoms with E-state index in [1.54, 1.807) is 46.2 Å². The van der Waals surface area contributed by atoms with Gasteiger partial charge in [0.25, 0.3) is 0 Å². The highest BCUT2D eigenvalue weighted by Crippen LogP contribution is 2.51. The lowest BCUT2D eigenvalue weighted by atomic mass is 9.83. The SMILES string of the molecule is CCOP(=O)(C/C=C/CN1CC(c2ccc(OC)c(O[C@H]3C[C@@H]4CC[C@H]3C4)c2)CNC1=O)OCC.COc1ccc(C2CNC(=O)C(C/C=C/CBr)C2)cc1O[C@H]1C[C@@H]2CC[C@H]1C2.COc1ccc(C2CNC(=O)NC2)cc1O[C@H]1C[C@@H]2CC[C@H]1C2. The van der Waals surface area contributed by atoms with Crippen molar-refractivity contribution in [3.05, 3.63) is 95.6 Å². The van der Waals surface area contributed by atoms with Crippen LogP contribution in [0.1, 0.15) is 138 Å². The number of carbonyl (C=O) groups is 3. The first-order valence-corrected chi connectivity index (χ1v) is 34.8. The quantitative estimate of drug-likeness (QED) is 0.0399. The number of piperidine rings is 1. The van der Waals surface area contributed by atoms with Gasteiger partial charge in [0.05, 0.1) is 40.7 Å². The monoisotopic (exact) mass is 1270 g/mol. The molecule has 3 aromatic rings. The highest BCUT2D eigenvalue weighted by atomic mass is 79.9. The number of halogens is 1. The Morgan fingerprint density at radius 1 is 0.535 bits per heavy atom. The number of fused-ring (bicyclic) bond motifs is 6. The van der Waals surface area contributed by atoms with Crippen LogP contribution >= 0.6 is 23.5 Å². The number of ether oxygens (including phenoxy) is 6. The van der Waals surface area contributed by atoms with Crippen LogP contribution < -0.4 is 49.7 Å². The molecule has 3 unspecified atom stereocenters. The standard InChI is InChI=1S/C26H39N2O6P.C23H30BrNO3.C18H24N2O3/c1-4-32-35(30,33-5-2)13-7-6-12-28-18-22(17-27-26(28)29)20-10-11-23(31-3)25(16-20)34-24-15-19-8-9-21(24)14-19;1-27-20-8-7-16(13-22(20)28-21-11-15-5-6-17(21)10-15)19-12-18(4-2-3-9-24)23(26)25-14-19;1-22-15-5-4-12(14-9-19-18(21)20-10-14)8-17(15)23-16-7-11-2-3-13(16)6-11/h6-7,10-11,16,19,21-22,24H,4-5,8-9,12-15,17-18H2,1-3H3,(H,27,29);2-3,7-8,13,15,17-19,21H,4-6,9-12,14H2,1H3,(H,25,26);4-5,8,11,13-14,16H,2-3,6-7,9-10H2,1H3,(H2,19,20,21)/b7-6+;3-2+;/t19-,21+,22?,24+;15-,17+,18?,19?,21+;11-,13+,16+/m111/s1. The summed E-state index contributed by atoms with van der Waals surface area (Å²) in [6.45, 7) is 7.84. The summed E-state index contributed by atoms with van der Waals surface area (Å²) < 4.78 is 59.2. The minimum atomic E-state index is -3.13. The minimum Gasteiger partial charge on any atom is -0.493 e. The summed E-state index contributed by atoms with van der Waals surface area (Å²) in [6, 6.07) is 18.4. The first kappa shape index (κ1) is 63.6. The van der Waals surface area contributed by atoms with Gasteiger partial charge in [-0.3, -0.25) is 9.36 Å². The lowest BCUT2D eigenvalue weighted by Gasteiger charge is -2.33. The first-order valence-electron chi connectivity index (χ1n) is 31.9. The van der Waals surface area contributed by atoms with Gasteiger partial charge in [-0.1, -0.05) is 58.4 Å². The van der Waals surface area contributed by atoms with E-state index < -0.39 is 7.60 Å². The number of nitrogens with zero attached hydrogens (tertiary/aromatic N) is 1. The van der Waals surface area contributed by atoms with E-state index in [0.717, 1.165) is 82.4 Å². The van der Waals surface area contributed by atoms with Crippen molar-refractivity contribution in [2.24, 2.45) is 41.4 Å². The zero-order chi connectivity index (χ0) is 60.2. The molecule has 0 aromatic heterocycles. The molecule has 17 nitrogen and oxygen atoms in total. The molecule has 6 aliphatic carbocycles. The lowest BCUT2D eigenvalue weighted by Crippen LogP contribution is -2.50. The van der Waals surface area contributed by atoms with Crippen molar-refractivity contribution in [1.29, 1.82) is 0 Å². The van der Waals surface area contributed by atoms with Gasteiger partial charge in [-0.2, -0.15) is 0 Å². The summed E-state index contributed by atoms with van der Waals surface area (Å²) in [6.07, 6.45) is 25.9. The molecule has 0 radical (unpaired) electrons. The summed E-state index contributed by atoms with van der Waals surface area (Å²) >= 11 is 3.39. The number of nitrogens with one attached hydrogen (secondary N) is 4. The largest absolute Gasteiger partial charge is 0.493 e. The summed E-state index contributed by atoms with van der Waals surface area (Å²) in [5.74, 6) is 10.4. The second kappa shape index (κ2) is 30.2. The van der Waals surface area contributed by atoms with E-state index >= 15 is 0 Å². The second-order valence-electron chi connectivity index (χ2n) is 25.1. The predicted molar refractivity (Wildman–Crippen MR) is 337 cm³/mol. The molecule has 19 heteroatoms. The summed E-state index contributed by atoms with van der Waals surface area (Å²) in [7, 11) is 1.94. The molecule has 12 rings (SSSR count). The maximum Gasteiger partial charge on any atom is 0.334 e. The molecule has 4 N–H and O–H groups in total. The van der Waals surface area contributed by atoms with Gasteiger partial charge in [0.1, 0.15) is 18.3 Å². The zero-order valence-corrected chi connectivity index (χ0v) is 53.6. The number of rotatable bonds is 23. The van der Waals surface area contributed by atoms with Crippen LogP contribution in [-0.4, -0.2) is 126 Å². The number of hydrogen-bond acceptors (Lipinski definition) is 12. The number of amides is 5. The molecular weight excluding hydrogens is 1180 g/mol. The molecule has 470 valence electrons. The normalized spacial score (nSPS) is 29.1. The Morgan fingerprint density at radius 3 is 1.44 bits per heavy atom. The number of alkyl halides is 1. The van der Waals surface area contributed by atoms with E-state index in [-0.39, 0.29) is 48.0 Å². The van der Waals surface area contributed by atoms with Gasteiger partial charge in [0.2, 0.25) is 5.91 Å². The van der Waals surface area contributed by atoms with E-state index in [2.05, 4.69) is 85.7 Å². The topological polar surface area (TPSA) is 193 Å². The highest BCUT2D eigenvalue weighted by Gasteiger charge is 2.44. The molecule has 3 aromatic carbocycles. The molecule has 5 amide bonds. The summed E-state index contributed by atoms with van der Waals surface area (Å²) in [4.78, 5) is 37.7. The van der Waals surface area contributed by atoms with Crippen LogP contribution in [0.5, 0.6) is 34.5 Å². The fourth-order valence-corrected chi connectivity index (χ4v) is 16.9. The van der Waals surface area contributed by atoms with Gasteiger partial charge in [-0.25, -0.2) is 9.59 Å². The van der Waals surface area contributed by atoms with Crippen LogP contribution in [0.25, 0.3) is 0 Å². The Balaban J connectivity index is 0.000000146. The Kier molecular flexibility index (Phi) is 22.3. The Hall–Kier alpha value is -5.42. The smallest absolute Gasteiger partial charge is 0.334 e. The van der Waals surface area contributed by atoms with E-state index in [9.17, 15) is 18.9 Å². The van der Waals surface area contributed by atoms with E-state index in [1.807, 2.05) is 24.3 Å². The second-order valence-corrected chi connectivity index (χ2v) is 27.9. The minimum absolute atomic E-state index is 0.0334. The van der Waals surface area contributed by atoms with E-state index in [1.165, 1.54) is 81.8 Å². The molecule has 6 bridgehead atoms. The van der Waals surface area contributed by atoms with Crippen LogP contribution in [0.15, 0.2) is 78.9 Å². The molecule has 6 saturated carbocycles. The van der Waals surface area contributed by atoms with Crippen LogP contribution in [0.4, 0.5) is 9.59 Å². The van der Waals surface area contributed by atoms with Crippen molar-refractivity contribution in [2.75, 3.05) is 85.3 Å². The molecule has 3 saturated heterocycles. The van der Waals surface area contributed by atoms with Gasteiger partial charge in [-0.15, -0.1) is 0 Å². The average molecular weight is 1270 g/mol. The number of hydrogen-bond donors (Lipinski definition) is 4. The molecule has 3 aliphatic heterocycles. The maximum atomic E-state index is 12.6. The number of carbonyl (C=O) groups excluding carboxylic acids is 3. The fourth-order valence-electron chi connectivity index (χ4n) is 15.1. The third-order valence-corrected chi connectivity index (χ3v) is 22.0. The summed E-state index contributed by atoms with van der Waals surface area (Å²) in [5.41, 5.74) is 3.53. The zero-order valence-electron chi connectivity index (χ0n) is 51.2. The number of benzene rings is 3. The maximum absolute atomic E-state index is 12.6. The highest BCUT2D eigenvalue weighted by molar-refractivity contribution is 9.09. The van der Waals surface area contributed by atoms with Gasteiger partial charge in [0, 0.05) is 68.3 Å². The lowest BCUT2D eigenvalue weighted by molar-refractivity contribution is -0.126. The number of methoxy groups -OCH3 is 3. The predicted octanol–water partition coefficient (Wildman–Crippen LogP) is 12.7. The Morgan fingerprint density at radius 2 is 1.00 bits per heavy atom. The third-order valence-electron chi connectivity index (χ3n) is 19.7. The molecule has 9 fully saturated rings. The average Bonchev–Trinajstić information content (AvgIpc) is 4.07. The molecule has 9 aliphatic rings. The van der Waals surface area contributed by atoms with Crippen molar-refractivity contribution in [3.8, 4) is 34.5 Å². The van der Waals surface area contributed by atoms with E-state index in [4.69, 9.17) is 37.5 Å². The van der Waals surface area contributed by atoms with Gasteiger partial charge >= 0.3 is 19.7 Å². The van der Waals surface area contributed by atoms with Gasteiger partial charge in [-0.05, 0) is 192 Å². The van der Waals surface area contributed by atoms with Crippen LogP contribution in [0.2, 0.25) is 0 Å². The van der Waals surface area contributed by atoms with Gasteiger partial charge in [0.15, 0.2) is 34.5 Å². The Bertz CT molecular complexity index is 2870. The molecule has 3 heterocycles. The van der Waals surface area contributed by atoms with Crippen molar-refractivity contribution in [2.45, 2.75) is 140 Å². The van der Waals surface area contributed by atoms with Crippen LogP contribution in [-0.2, 0) is 18.4 Å². The third kappa shape index (κ3) is 16.1. The van der Waals surface area contributed by atoms with E-state index in [0.29, 0.717) is 88.4 Å². The van der Waals surface area contributed by atoms with Crippen molar-refractivity contribution in [3.63, 3.8) is 0 Å². The van der Waals surface area contributed by atoms with Crippen molar-refractivity contribution >= 4 is 41.5 Å². The fraction of sp³-hybridized carbons (Fsp3) is 0.627. The van der Waals surface area contributed by atoms with Crippen molar-refractivity contribution in [1.82, 2.24) is 26.2 Å². The molecular formula is C67H93BrN5O12P.